The lowest BCUT2D eigenvalue weighted by molar-refractivity contribution is 0.0983. The summed E-state index contributed by atoms with van der Waals surface area (Å²) in [6, 6.07) is 8.81. The Hall–Kier alpha value is -4.41. The Morgan fingerprint density at radius 2 is 1.84 bits per heavy atom. The molecule has 2 amide bonds. The molecule has 3 aromatic heterocycles. The van der Waals surface area contributed by atoms with E-state index in [0.717, 1.165) is 0 Å². The maximum absolute atomic E-state index is 13.2. The molecule has 156 valence electrons. The zero-order valence-corrected chi connectivity index (χ0v) is 16.5. The lowest BCUT2D eigenvalue weighted by atomic mass is 10.3. The van der Waals surface area contributed by atoms with Crippen LogP contribution in [0.25, 0.3) is 16.9 Å². The first-order chi connectivity index (χ1) is 15.0. The number of methoxy groups -OCH3 is 1. The average Bonchev–Trinajstić information content (AvgIpc) is 3.22. The highest BCUT2D eigenvalue weighted by atomic mass is 19.1. The summed E-state index contributed by atoms with van der Waals surface area (Å²) in [6.45, 7) is 0. The molecule has 1 N–H and O–H groups in total. The van der Waals surface area contributed by atoms with E-state index in [1.165, 1.54) is 55.0 Å². The fourth-order valence-electron chi connectivity index (χ4n) is 2.79. The maximum atomic E-state index is 13.2. The number of rotatable bonds is 4. The summed E-state index contributed by atoms with van der Waals surface area (Å²) in [5.41, 5.74) is 2.00. The number of pyridine rings is 1. The van der Waals surface area contributed by atoms with Crippen LogP contribution in [-0.2, 0) is 4.74 Å². The molecule has 31 heavy (non-hydrogen) atoms. The second-order valence-electron chi connectivity index (χ2n) is 6.38. The van der Waals surface area contributed by atoms with Crippen LogP contribution in [0.15, 0.2) is 55.1 Å². The number of carbonyl (C=O) groups excluding carboxylic acids is 2. The van der Waals surface area contributed by atoms with E-state index in [1.54, 1.807) is 23.7 Å². The molecule has 0 saturated heterocycles. The number of hydrogen-bond acceptors (Lipinski definition) is 7. The second-order valence-corrected chi connectivity index (χ2v) is 6.38. The quantitative estimate of drug-likeness (QED) is 0.539. The molecule has 3 heterocycles. The predicted octanol–water partition coefficient (Wildman–Crippen LogP) is 2.80. The molecule has 0 spiro atoms. The van der Waals surface area contributed by atoms with Crippen molar-refractivity contribution in [3.05, 3.63) is 66.8 Å². The van der Waals surface area contributed by atoms with Crippen LogP contribution in [0.4, 0.5) is 20.7 Å². The molecule has 4 rings (SSSR count). The van der Waals surface area contributed by atoms with Crippen molar-refractivity contribution in [2.45, 2.75) is 0 Å². The van der Waals surface area contributed by atoms with Crippen LogP contribution in [0.2, 0.25) is 0 Å². The van der Waals surface area contributed by atoms with E-state index >= 15 is 0 Å². The molecule has 0 unspecified atom stereocenters. The second kappa shape index (κ2) is 8.14. The maximum Gasteiger partial charge on any atom is 0.412 e. The Morgan fingerprint density at radius 1 is 1.06 bits per heavy atom. The minimum absolute atomic E-state index is 0.0435. The summed E-state index contributed by atoms with van der Waals surface area (Å²) in [5, 5.41) is 2.46. The standard InChI is InChI=1S/C20H16FN7O3/c1-27(13-5-3-12(21)4-6-13)19(29)17-23-10-15-18(26-17)28(11-24-15)14-7-8-16(22-9-14)25-20(30)31-2/h3-11H,1-2H3,(H,22,25,30). The number of nitrogens with zero attached hydrogens (tertiary/aromatic N) is 6. The minimum Gasteiger partial charge on any atom is -0.453 e. The van der Waals surface area contributed by atoms with Gasteiger partial charge in [0.05, 0.1) is 25.2 Å². The Morgan fingerprint density at radius 3 is 2.52 bits per heavy atom. The van der Waals surface area contributed by atoms with Gasteiger partial charge in [0.2, 0.25) is 5.82 Å². The van der Waals surface area contributed by atoms with Gasteiger partial charge in [0.15, 0.2) is 5.65 Å². The molecule has 0 atom stereocenters. The highest BCUT2D eigenvalue weighted by Crippen LogP contribution is 2.19. The molecule has 1 aromatic carbocycles. The van der Waals surface area contributed by atoms with Crippen LogP contribution in [0, 0.1) is 5.82 Å². The number of anilines is 2. The fraction of sp³-hybridized carbons (Fsp3) is 0.100. The monoisotopic (exact) mass is 421 g/mol. The lowest BCUT2D eigenvalue weighted by Gasteiger charge is -2.16. The van der Waals surface area contributed by atoms with Crippen molar-refractivity contribution in [1.82, 2.24) is 24.5 Å². The van der Waals surface area contributed by atoms with Crippen LogP contribution in [0.5, 0.6) is 0 Å². The number of ether oxygens (including phenoxy) is 1. The average molecular weight is 421 g/mol. The Bertz CT molecular complexity index is 1260. The number of halogens is 1. The number of hydrogen-bond donors (Lipinski definition) is 1. The first kappa shape index (κ1) is 19.9. The molecule has 4 aromatic rings. The molecule has 0 aliphatic rings. The fourth-order valence-corrected chi connectivity index (χ4v) is 2.79. The highest BCUT2D eigenvalue weighted by Gasteiger charge is 2.19. The van der Waals surface area contributed by atoms with Crippen LogP contribution < -0.4 is 10.2 Å². The van der Waals surface area contributed by atoms with E-state index in [1.807, 2.05) is 0 Å². The summed E-state index contributed by atoms with van der Waals surface area (Å²) < 4.78 is 19.3. The van der Waals surface area contributed by atoms with E-state index in [2.05, 4.69) is 30.0 Å². The van der Waals surface area contributed by atoms with Gasteiger partial charge in [0, 0.05) is 12.7 Å². The zero-order valence-electron chi connectivity index (χ0n) is 16.5. The van der Waals surface area contributed by atoms with Gasteiger partial charge >= 0.3 is 6.09 Å². The number of benzene rings is 1. The van der Waals surface area contributed by atoms with Gasteiger partial charge in [0.1, 0.15) is 23.5 Å². The molecule has 0 aliphatic heterocycles. The SMILES string of the molecule is COC(=O)Nc1ccc(-n2cnc3cnc(C(=O)N(C)c4ccc(F)cc4)nc32)cn1. The van der Waals surface area contributed by atoms with Gasteiger partial charge in [-0.3, -0.25) is 14.7 Å². The molecule has 0 aliphatic carbocycles. The third-order valence-corrected chi connectivity index (χ3v) is 4.44. The first-order valence-corrected chi connectivity index (χ1v) is 9.01. The molecule has 0 saturated carbocycles. The van der Waals surface area contributed by atoms with Crippen molar-refractivity contribution in [3.8, 4) is 5.69 Å². The van der Waals surface area contributed by atoms with Crippen LogP contribution in [0.1, 0.15) is 10.6 Å². The van der Waals surface area contributed by atoms with E-state index < -0.39 is 17.8 Å². The van der Waals surface area contributed by atoms with Crippen LogP contribution in [-0.4, -0.2) is 50.7 Å². The first-order valence-electron chi connectivity index (χ1n) is 9.01. The van der Waals surface area contributed by atoms with Gasteiger partial charge in [0.25, 0.3) is 5.91 Å². The summed E-state index contributed by atoms with van der Waals surface area (Å²) >= 11 is 0. The third-order valence-electron chi connectivity index (χ3n) is 4.44. The Kier molecular flexibility index (Phi) is 5.22. The van der Waals surface area contributed by atoms with Crippen molar-refractivity contribution >= 4 is 34.7 Å². The molecule has 0 bridgehead atoms. The Labute approximate surface area is 175 Å². The number of nitrogens with one attached hydrogen (secondary N) is 1. The molecule has 0 fully saturated rings. The number of fused-ring (bicyclic) bond motifs is 1. The summed E-state index contributed by atoms with van der Waals surface area (Å²) in [4.78, 5) is 42.3. The predicted molar refractivity (Wildman–Crippen MR) is 110 cm³/mol. The molecular formula is C20H16FN7O3. The molecule has 0 radical (unpaired) electrons. The van der Waals surface area contributed by atoms with Gasteiger partial charge in [-0.05, 0) is 36.4 Å². The lowest BCUT2D eigenvalue weighted by Crippen LogP contribution is -2.28. The smallest absolute Gasteiger partial charge is 0.412 e. The van der Waals surface area contributed by atoms with Gasteiger partial charge in [-0.1, -0.05) is 0 Å². The van der Waals surface area contributed by atoms with E-state index in [9.17, 15) is 14.0 Å². The minimum atomic E-state index is -0.630. The van der Waals surface area contributed by atoms with Gasteiger partial charge < -0.3 is 9.64 Å². The summed E-state index contributed by atoms with van der Waals surface area (Å²) in [7, 11) is 2.81. The van der Waals surface area contributed by atoms with E-state index in [0.29, 0.717) is 28.4 Å². The van der Waals surface area contributed by atoms with Crippen molar-refractivity contribution in [3.63, 3.8) is 0 Å². The topological polar surface area (TPSA) is 115 Å². The van der Waals surface area contributed by atoms with Gasteiger partial charge in [-0.15, -0.1) is 0 Å². The van der Waals surface area contributed by atoms with Crippen molar-refractivity contribution in [2.24, 2.45) is 0 Å². The molecule has 11 heteroatoms. The Balaban J connectivity index is 1.64. The summed E-state index contributed by atoms with van der Waals surface area (Å²) in [6.07, 6.45) is 3.86. The van der Waals surface area contributed by atoms with E-state index in [-0.39, 0.29) is 5.82 Å². The third kappa shape index (κ3) is 4.01. The normalized spacial score (nSPS) is 10.7. The van der Waals surface area contributed by atoms with Crippen molar-refractivity contribution < 1.29 is 18.7 Å². The number of amides is 2. The summed E-state index contributed by atoms with van der Waals surface area (Å²) in [5.74, 6) is -0.589. The highest BCUT2D eigenvalue weighted by molar-refractivity contribution is 6.03. The number of imidazole rings is 1. The van der Waals surface area contributed by atoms with E-state index in [4.69, 9.17) is 0 Å². The molecular weight excluding hydrogens is 405 g/mol. The van der Waals surface area contributed by atoms with Gasteiger partial charge in [-0.25, -0.2) is 29.1 Å². The van der Waals surface area contributed by atoms with Crippen molar-refractivity contribution in [2.75, 3.05) is 24.4 Å². The van der Waals surface area contributed by atoms with Crippen LogP contribution >= 0.6 is 0 Å². The van der Waals surface area contributed by atoms with Crippen molar-refractivity contribution in [1.29, 1.82) is 0 Å². The molecule has 10 nitrogen and oxygen atoms in total. The number of carbonyl (C=O) groups is 2. The largest absolute Gasteiger partial charge is 0.453 e. The van der Waals surface area contributed by atoms with Gasteiger partial charge in [-0.2, -0.15) is 0 Å². The van der Waals surface area contributed by atoms with Crippen LogP contribution in [0.3, 0.4) is 0 Å². The number of aromatic nitrogens is 5. The zero-order chi connectivity index (χ0) is 22.0.